The van der Waals surface area contributed by atoms with E-state index in [0.29, 0.717) is 17.2 Å². The van der Waals surface area contributed by atoms with Gasteiger partial charge in [0.1, 0.15) is 0 Å². The Labute approximate surface area is 90.4 Å². The van der Waals surface area contributed by atoms with Crippen LogP contribution in [0.25, 0.3) is 11.0 Å². The summed E-state index contributed by atoms with van der Waals surface area (Å²) >= 11 is 5.79. The van der Waals surface area contributed by atoms with Gasteiger partial charge in [-0.2, -0.15) is 0 Å². The van der Waals surface area contributed by atoms with Gasteiger partial charge in [0.25, 0.3) is 0 Å². The van der Waals surface area contributed by atoms with Crippen molar-refractivity contribution in [1.82, 2.24) is 5.16 Å². The molecule has 4 nitrogen and oxygen atoms in total. The molecule has 2 aromatic rings. The summed E-state index contributed by atoms with van der Waals surface area (Å²) < 4.78 is 5.04. The summed E-state index contributed by atoms with van der Waals surface area (Å²) in [6.45, 7) is 0. The van der Waals surface area contributed by atoms with E-state index in [1.807, 2.05) is 12.1 Å². The van der Waals surface area contributed by atoms with Gasteiger partial charge < -0.3 is 9.63 Å². The monoisotopic (exact) mass is 225 g/mol. The second kappa shape index (κ2) is 3.90. The van der Waals surface area contributed by atoms with Crippen molar-refractivity contribution >= 4 is 28.5 Å². The Morgan fingerprint density at radius 2 is 2.33 bits per heavy atom. The van der Waals surface area contributed by atoms with Gasteiger partial charge >= 0.3 is 5.97 Å². The molecule has 0 saturated heterocycles. The van der Waals surface area contributed by atoms with Crippen LogP contribution in [-0.4, -0.2) is 16.2 Å². The number of fused-ring (bicyclic) bond motifs is 1. The first kappa shape index (κ1) is 9.98. The van der Waals surface area contributed by atoms with Gasteiger partial charge in [-0.1, -0.05) is 28.9 Å². The molecule has 1 aromatic heterocycles. The summed E-state index contributed by atoms with van der Waals surface area (Å²) in [4.78, 5) is 10.4. The minimum atomic E-state index is -0.836. The van der Waals surface area contributed by atoms with E-state index in [1.165, 1.54) is 0 Å². The lowest BCUT2D eigenvalue weighted by molar-refractivity contribution is -0.136. The molecule has 0 unspecified atom stereocenters. The summed E-state index contributed by atoms with van der Waals surface area (Å²) in [7, 11) is 0. The third-order valence-electron chi connectivity index (χ3n) is 2.14. The fourth-order valence-electron chi connectivity index (χ4n) is 1.43. The number of aromatic nitrogens is 1. The molecule has 1 heterocycles. The van der Waals surface area contributed by atoms with E-state index >= 15 is 0 Å². The number of carbonyl (C=O) groups is 1. The molecular weight excluding hydrogens is 218 g/mol. The van der Waals surface area contributed by atoms with Gasteiger partial charge in [0.2, 0.25) is 0 Å². The first-order valence-electron chi connectivity index (χ1n) is 4.43. The summed E-state index contributed by atoms with van der Waals surface area (Å²) in [5, 5.41) is 13.2. The predicted molar refractivity (Wildman–Crippen MR) is 55.0 cm³/mol. The number of hydrogen-bond donors (Lipinski definition) is 1. The molecule has 0 aliphatic rings. The van der Waals surface area contributed by atoms with Crippen LogP contribution in [0.5, 0.6) is 0 Å². The van der Waals surface area contributed by atoms with Gasteiger partial charge in [0.15, 0.2) is 10.7 Å². The Hall–Kier alpha value is -1.55. The van der Waals surface area contributed by atoms with Gasteiger partial charge in [-0.05, 0) is 18.1 Å². The third kappa shape index (κ3) is 1.94. The predicted octanol–water partition coefficient (Wildman–Crippen LogP) is 2.50. The number of aliphatic carboxylic acids is 1. The number of nitrogens with zero attached hydrogens (tertiary/aromatic N) is 1. The van der Waals surface area contributed by atoms with Gasteiger partial charge in [-0.15, -0.1) is 0 Å². The van der Waals surface area contributed by atoms with Crippen LogP contribution in [0.15, 0.2) is 22.7 Å². The van der Waals surface area contributed by atoms with Crippen LogP contribution in [-0.2, 0) is 11.2 Å². The Kier molecular flexibility index (Phi) is 2.60. The maximum atomic E-state index is 10.4. The Morgan fingerprint density at radius 3 is 3.07 bits per heavy atom. The fraction of sp³-hybridized carbons (Fsp3) is 0.200. The van der Waals surface area contributed by atoms with E-state index in [1.54, 1.807) is 6.07 Å². The number of carboxylic acid groups (broad SMARTS) is 1. The highest BCUT2D eigenvalue weighted by molar-refractivity contribution is 6.34. The minimum Gasteiger partial charge on any atom is -0.481 e. The molecule has 1 N–H and O–H groups in total. The number of rotatable bonds is 3. The molecule has 0 saturated carbocycles. The molecule has 2 rings (SSSR count). The molecule has 1 aromatic carbocycles. The number of benzene rings is 1. The number of hydrogen-bond acceptors (Lipinski definition) is 3. The zero-order valence-electron chi connectivity index (χ0n) is 7.74. The lowest BCUT2D eigenvalue weighted by atomic mass is 10.1. The second-order valence-corrected chi connectivity index (χ2v) is 3.52. The SMILES string of the molecule is O=C(O)CCc1cccc2c(Cl)noc12. The zero-order chi connectivity index (χ0) is 10.8. The molecule has 0 amide bonds. The largest absolute Gasteiger partial charge is 0.481 e. The highest BCUT2D eigenvalue weighted by Crippen LogP contribution is 2.26. The lowest BCUT2D eigenvalue weighted by Crippen LogP contribution is -1.97. The van der Waals surface area contributed by atoms with Gasteiger partial charge in [0, 0.05) is 6.42 Å². The van der Waals surface area contributed by atoms with Crippen molar-refractivity contribution in [3.63, 3.8) is 0 Å². The Bertz CT molecular complexity index is 506. The van der Waals surface area contributed by atoms with E-state index in [4.69, 9.17) is 21.2 Å². The average Bonchev–Trinajstić information content (AvgIpc) is 2.58. The van der Waals surface area contributed by atoms with Crippen molar-refractivity contribution in [3.05, 3.63) is 28.9 Å². The topological polar surface area (TPSA) is 63.3 Å². The molecule has 0 aliphatic carbocycles. The van der Waals surface area contributed by atoms with E-state index in [9.17, 15) is 4.79 Å². The van der Waals surface area contributed by atoms with Gasteiger partial charge in [-0.25, -0.2) is 0 Å². The number of halogens is 1. The van der Waals surface area contributed by atoms with Crippen molar-refractivity contribution in [1.29, 1.82) is 0 Å². The fourth-order valence-corrected chi connectivity index (χ4v) is 1.61. The lowest BCUT2D eigenvalue weighted by Gasteiger charge is -1.98. The van der Waals surface area contributed by atoms with Crippen molar-refractivity contribution < 1.29 is 14.4 Å². The van der Waals surface area contributed by atoms with Gasteiger partial charge in [-0.3, -0.25) is 4.79 Å². The molecule has 0 aliphatic heterocycles. The standard InChI is InChI=1S/C10H8ClNO3/c11-10-7-3-1-2-6(4-5-8(13)14)9(7)15-12-10/h1-3H,4-5H2,(H,13,14). The summed E-state index contributed by atoms with van der Waals surface area (Å²) in [6, 6.07) is 5.41. The first-order chi connectivity index (χ1) is 7.18. The van der Waals surface area contributed by atoms with E-state index in [0.717, 1.165) is 10.9 Å². The summed E-state index contributed by atoms with van der Waals surface area (Å²) in [5.41, 5.74) is 1.39. The Balaban J connectivity index is 2.38. The van der Waals surface area contributed by atoms with Crippen molar-refractivity contribution in [2.75, 3.05) is 0 Å². The summed E-state index contributed by atoms with van der Waals surface area (Å²) in [6.07, 6.45) is 0.482. The molecule has 15 heavy (non-hydrogen) atoms. The molecule has 0 spiro atoms. The molecule has 78 valence electrons. The third-order valence-corrected chi connectivity index (χ3v) is 2.42. The molecule has 0 radical (unpaired) electrons. The molecular formula is C10H8ClNO3. The van der Waals surface area contributed by atoms with Crippen molar-refractivity contribution in [2.45, 2.75) is 12.8 Å². The highest BCUT2D eigenvalue weighted by atomic mass is 35.5. The van der Waals surface area contributed by atoms with Crippen LogP contribution in [0, 0.1) is 0 Å². The van der Waals surface area contributed by atoms with Crippen LogP contribution in [0.3, 0.4) is 0 Å². The zero-order valence-corrected chi connectivity index (χ0v) is 8.49. The maximum Gasteiger partial charge on any atom is 0.303 e. The number of aryl methyl sites for hydroxylation is 1. The van der Waals surface area contributed by atoms with Crippen LogP contribution in [0.4, 0.5) is 0 Å². The minimum absolute atomic E-state index is 0.0669. The molecule has 5 heteroatoms. The molecule has 0 fully saturated rings. The summed E-state index contributed by atoms with van der Waals surface area (Å²) in [5.74, 6) is -0.836. The van der Waals surface area contributed by atoms with Gasteiger partial charge in [0.05, 0.1) is 5.39 Å². The van der Waals surface area contributed by atoms with E-state index < -0.39 is 5.97 Å². The Morgan fingerprint density at radius 1 is 1.53 bits per heavy atom. The molecule has 0 atom stereocenters. The number of para-hydroxylation sites is 1. The van der Waals surface area contributed by atoms with Crippen molar-refractivity contribution in [3.8, 4) is 0 Å². The average molecular weight is 226 g/mol. The first-order valence-corrected chi connectivity index (χ1v) is 4.81. The normalized spacial score (nSPS) is 10.7. The van der Waals surface area contributed by atoms with Crippen LogP contribution >= 0.6 is 11.6 Å². The second-order valence-electron chi connectivity index (χ2n) is 3.16. The highest BCUT2D eigenvalue weighted by Gasteiger charge is 2.10. The quantitative estimate of drug-likeness (QED) is 0.872. The number of carboxylic acids is 1. The van der Waals surface area contributed by atoms with Crippen LogP contribution < -0.4 is 0 Å². The van der Waals surface area contributed by atoms with Crippen LogP contribution in [0.1, 0.15) is 12.0 Å². The smallest absolute Gasteiger partial charge is 0.303 e. The van der Waals surface area contributed by atoms with Crippen LogP contribution in [0.2, 0.25) is 5.15 Å². The van der Waals surface area contributed by atoms with E-state index in [-0.39, 0.29) is 6.42 Å². The maximum absolute atomic E-state index is 10.4. The molecule has 0 bridgehead atoms. The van der Waals surface area contributed by atoms with Crippen molar-refractivity contribution in [2.24, 2.45) is 0 Å². The van der Waals surface area contributed by atoms with E-state index in [2.05, 4.69) is 5.16 Å².